The number of nitrogens with zero attached hydrogens (tertiary/aromatic N) is 2. The molecular weight excluding hydrogens is 278 g/mol. The van der Waals surface area contributed by atoms with Gasteiger partial charge in [0.2, 0.25) is 0 Å². The molecule has 0 spiro atoms. The molecule has 0 fully saturated rings. The van der Waals surface area contributed by atoms with Crippen LogP contribution in [0.5, 0.6) is 0 Å². The topological polar surface area (TPSA) is 86.5 Å². The van der Waals surface area contributed by atoms with Gasteiger partial charge in [-0.2, -0.15) is 5.10 Å². The molecule has 4 rings (SSSR count). The lowest BCUT2D eigenvalue weighted by Crippen LogP contribution is -2.23. The summed E-state index contributed by atoms with van der Waals surface area (Å²) in [6, 6.07) is 5.91. The molecule has 0 bridgehead atoms. The number of aromatic nitrogens is 4. The maximum atomic E-state index is 12.5. The molecule has 0 radical (unpaired) electrons. The fourth-order valence-electron chi connectivity index (χ4n) is 3.19. The summed E-state index contributed by atoms with van der Waals surface area (Å²) >= 11 is 0. The number of H-pyrrole nitrogens is 2. The van der Waals surface area contributed by atoms with E-state index in [1.807, 2.05) is 12.1 Å². The number of hydrogen-bond donors (Lipinski definition) is 3. The molecule has 2 aromatic heterocycles. The molecule has 2 heterocycles. The summed E-state index contributed by atoms with van der Waals surface area (Å²) in [6.07, 6.45) is 6.04. The van der Waals surface area contributed by atoms with Crippen molar-refractivity contribution < 1.29 is 4.79 Å². The lowest BCUT2D eigenvalue weighted by Gasteiger charge is -2.10. The molecular formula is C16H17N5O. The van der Waals surface area contributed by atoms with E-state index in [0.29, 0.717) is 17.9 Å². The van der Waals surface area contributed by atoms with Gasteiger partial charge < -0.3 is 10.3 Å². The van der Waals surface area contributed by atoms with Crippen LogP contribution in [0.4, 0.5) is 0 Å². The molecule has 6 heteroatoms. The molecule has 3 aromatic rings. The Morgan fingerprint density at radius 2 is 2.18 bits per heavy atom. The first-order valence-electron chi connectivity index (χ1n) is 7.58. The number of para-hydroxylation sites is 1. The van der Waals surface area contributed by atoms with Crippen LogP contribution in [0.1, 0.15) is 40.3 Å². The number of hydrogen-bond acceptors (Lipinski definition) is 3. The van der Waals surface area contributed by atoms with Crippen LogP contribution in [0.2, 0.25) is 0 Å². The van der Waals surface area contributed by atoms with Gasteiger partial charge in [-0.3, -0.25) is 9.89 Å². The third-order valence-corrected chi connectivity index (χ3v) is 4.26. The van der Waals surface area contributed by atoms with Crippen molar-refractivity contribution in [1.82, 2.24) is 25.5 Å². The average Bonchev–Trinajstić information content (AvgIpc) is 3.19. The monoisotopic (exact) mass is 295 g/mol. The number of amides is 1. The maximum Gasteiger partial charge on any atom is 0.253 e. The van der Waals surface area contributed by atoms with E-state index in [-0.39, 0.29) is 5.91 Å². The third kappa shape index (κ3) is 2.16. The minimum absolute atomic E-state index is 0.0967. The smallest absolute Gasteiger partial charge is 0.253 e. The first-order chi connectivity index (χ1) is 10.8. The molecule has 3 N–H and O–H groups in total. The lowest BCUT2D eigenvalue weighted by molar-refractivity contribution is 0.0951. The molecule has 0 unspecified atom stereocenters. The highest BCUT2D eigenvalue weighted by molar-refractivity contribution is 6.06. The number of aryl methyl sites for hydroxylation is 2. The number of carbonyl (C=O) groups excluding carboxylic acids is 1. The van der Waals surface area contributed by atoms with Gasteiger partial charge in [-0.15, -0.1) is 0 Å². The van der Waals surface area contributed by atoms with E-state index in [9.17, 15) is 4.79 Å². The van der Waals surface area contributed by atoms with Gasteiger partial charge in [0.1, 0.15) is 12.2 Å². The van der Waals surface area contributed by atoms with Gasteiger partial charge in [0, 0.05) is 11.1 Å². The van der Waals surface area contributed by atoms with E-state index in [2.05, 4.69) is 31.5 Å². The van der Waals surface area contributed by atoms with E-state index in [0.717, 1.165) is 18.4 Å². The lowest BCUT2D eigenvalue weighted by atomic mass is 9.95. The van der Waals surface area contributed by atoms with E-state index in [1.165, 1.54) is 35.8 Å². The molecule has 0 saturated heterocycles. The van der Waals surface area contributed by atoms with Crippen molar-refractivity contribution in [2.75, 3.05) is 0 Å². The second-order valence-corrected chi connectivity index (χ2v) is 5.63. The van der Waals surface area contributed by atoms with Crippen LogP contribution in [0.3, 0.4) is 0 Å². The molecule has 6 nitrogen and oxygen atoms in total. The van der Waals surface area contributed by atoms with Crippen LogP contribution in [-0.4, -0.2) is 26.1 Å². The Hall–Kier alpha value is -2.63. The van der Waals surface area contributed by atoms with Crippen LogP contribution in [0.15, 0.2) is 24.5 Å². The van der Waals surface area contributed by atoms with E-state index in [4.69, 9.17) is 0 Å². The summed E-state index contributed by atoms with van der Waals surface area (Å²) in [5, 5.41) is 10.6. The van der Waals surface area contributed by atoms with Gasteiger partial charge in [0.25, 0.3) is 5.91 Å². The number of fused-ring (bicyclic) bond motifs is 3. The molecule has 0 aliphatic heterocycles. The molecule has 0 atom stereocenters. The quantitative estimate of drug-likeness (QED) is 0.691. The number of aromatic amines is 2. The van der Waals surface area contributed by atoms with Crippen LogP contribution in [0.25, 0.3) is 10.9 Å². The van der Waals surface area contributed by atoms with Gasteiger partial charge in [0.15, 0.2) is 0 Å². The highest BCUT2D eigenvalue weighted by atomic mass is 16.1. The minimum atomic E-state index is -0.0967. The molecule has 112 valence electrons. The van der Waals surface area contributed by atoms with Crippen molar-refractivity contribution in [3.63, 3.8) is 0 Å². The Balaban J connectivity index is 1.66. The minimum Gasteiger partial charge on any atom is -0.358 e. The van der Waals surface area contributed by atoms with Gasteiger partial charge >= 0.3 is 0 Å². The first kappa shape index (κ1) is 13.1. The van der Waals surface area contributed by atoms with Gasteiger partial charge in [-0.25, -0.2) is 4.98 Å². The third-order valence-electron chi connectivity index (χ3n) is 4.26. The molecule has 22 heavy (non-hydrogen) atoms. The zero-order valence-corrected chi connectivity index (χ0v) is 12.1. The van der Waals surface area contributed by atoms with Crippen molar-refractivity contribution >= 4 is 16.8 Å². The highest BCUT2D eigenvalue weighted by Crippen LogP contribution is 2.30. The van der Waals surface area contributed by atoms with Crippen LogP contribution < -0.4 is 5.32 Å². The zero-order valence-electron chi connectivity index (χ0n) is 12.1. The van der Waals surface area contributed by atoms with E-state index in [1.54, 1.807) is 0 Å². The second kappa shape index (κ2) is 5.29. The predicted molar refractivity (Wildman–Crippen MR) is 82.5 cm³/mol. The second-order valence-electron chi connectivity index (χ2n) is 5.63. The van der Waals surface area contributed by atoms with Gasteiger partial charge in [-0.1, -0.05) is 12.1 Å². The number of rotatable bonds is 3. The standard InChI is InChI=1S/C16H17N5O/c22-16(17-8-14-18-9-19-21-14)12-6-3-5-11-10-4-1-2-7-13(10)20-15(11)12/h3,5-6,9,20H,1-2,4,7-8H2,(H,17,22)(H,18,19,21). The van der Waals surface area contributed by atoms with E-state index >= 15 is 0 Å². The maximum absolute atomic E-state index is 12.5. The number of carbonyl (C=O) groups is 1. The largest absolute Gasteiger partial charge is 0.358 e. The SMILES string of the molecule is O=C(NCc1ncn[nH]1)c1cccc2c3c([nH]c12)CCCC3. The van der Waals surface area contributed by atoms with Crippen molar-refractivity contribution in [2.24, 2.45) is 0 Å². The summed E-state index contributed by atoms with van der Waals surface area (Å²) in [5.74, 6) is 0.548. The zero-order chi connectivity index (χ0) is 14.9. The van der Waals surface area contributed by atoms with Crippen LogP contribution >= 0.6 is 0 Å². The van der Waals surface area contributed by atoms with Crippen LogP contribution in [0, 0.1) is 0 Å². The van der Waals surface area contributed by atoms with Crippen LogP contribution in [-0.2, 0) is 19.4 Å². The summed E-state index contributed by atoms with van der Waals surface area (Å²) < 4.78 is 0. The Morgan fingerprint density at radius 1 is 1.27 bits per heavy atom. The Labute approximate surface area is 127 Å². The first-order valence-corrected chi connectivity index (χ1v) is 7.58. The van der Waals surface area contributed by atoms with E-state index < -0.39 is 0 Å². The fraction of sp³-hybridized carbons (Fsp3) is 0.312. The summed E-state index contributed by atoms with van der Waals surface area (Å²) in [7, 11) is 0. The number of nitrogens with one attached hydrogen (secondary N) is 3. The van der Waals surface area contributed by atoms with Gasteiger partial charge in [0.05, 0.1) is 17.6 Å². The molecule has 0 saturated carbocycles. The molecule has 1 aromatic carbocycles. The molecule has 1 amide bonds. The van der Waals surface area contributed by atoms with Crippen molar-refractivity contribution in [2.45, 2.75) is 32.2 Å². The van der Waals surface area contributed by atoms with Crippen molar-refractivity contribution in [1.29, 1.82) is 0 Å². The normalized spacial score (nSPS) is 14.0. The summed E-state index contributed by atoms with van der Waals surface area (Å²) in [5.41, 5.74) is 4.30. The van der Waals surface area contributed by atoms with Gasteiger partial charge in [-0.05, 0) is 37.3 Å². The molecule has 1 aliphatic rings. The molecule has 1 aliphatic carbocycles. The Kier molecular flexibility index (Phi) is 3.14. The highest BCUT2D eigenvalue weighted by Gasteiger charge is 2.19. The van der Waals surface area contributed by atoms with Crippen molar-refractivity contribution in [3.8, 4) is 0 Å². The Morgan fingerprint density at radius 3 is 3.05 bits per heavy atom. The average molecular weight is 295 g/mol. The fourth-order valence-corrected chi connectivity index (χ4v) is 3.19. The van der Waals surface area contributed by atoms with Crippen molar-refractivity contribution in [3.05, 3.63) is 47.2 Å². The summed E-state index contributed by atoms with van der Waals surface area (Å²) in [4.78, 5) is 19.9. The predicted octanol–water partition coefficient (Wildman–Crippen LogP) is 2.09. The summed E-state index contributed by atoms with van der Waals surface area (Å²) in [6.45, 7) is 0.343. The Bertz CT molecular complexity index is 819. The number of benzene rings is 1.